The molecular weight excluding hydrogens is 414 g/mol. The molecule has 30 heavy (non-hydrogen) atoms. The van der Waals surface area contributed by atoms with Crippen molar-refractivity contribution in [3.8, 4) is 0 Å². The third-order valence-electron chi connectivity index (χ3n) is 4.17. The molecule has 1 amide bonds. The Morgan fingerprint density at radius 1 is 1.17 bits per heavy atom. The molecule has 0 unspecified atom stereocenters. The monoisotopic (exact) mass is 435 g/mol. The number of carbonyl (C=O) groups is 2. The number of sulfonamides is 1. The third-order valence-corrected chi connectivity index (χ3v) is 5.99. The SMILES string of the molecule is Cc1ccc(C(=O)O[C@@H](C)C(=O)Nc2cccc(S(=O)(=O)N(C)C)c2)cc1[N+](=O)[O-]. The van der Waals surface area contributed by atoms with Crippen molar-refractivity contribution in [3.63, 3.8) is 0 Å². The summed E-state index contributed by atoms with van der Waals surface area (Å²) in [5, 5.41) is 13.5. The summed E-state index contributed by atoms with van der Waals surface area (Å²) in [5.41, 5.74) is 0.290. The number of nitrogens with one attached hydrogen (secondary N) is 1. The van der Waals surface area contributed by atoms with E-state index in [0.29, 0.717) is 5.56 Å². The number of anilines is 1. The van der Waals surface area contributed by atoms with Crippen molar-refractivity contribution < 1.29 is 27.7 Å². The average molecular weight is 435 g/mol. The number of amides is 1. The fourth-order valence-corrected chi connectivity index (χ4v) is 3.35. The predicted octanol–water partition coefficient (Wildman–Crippen LogP) is 2.34. The van der Waals surface area contributed by atoms with E-state index in [1.54, 1.807) is 0 Å². The first kappa shape index (κ1) is 23.0. The maximum atomic E-state index is 12.3. The minimum Gasteiger partial charge on any atom is -0.449 e. The van der Waals surface area contributed by atoms with Crippen LogP contribution in [0.4, 0.5) is 11.4 Å². The fraction of sp³-hybridized carbons (Fsp3) is 0.263. The highest BCUT2D eigenvalue weighted by molar-refractivity contribution is 7.89. The van der Waals surface area contributed by atoms with Gasteiger partial charge in [-0.25, -0.2) is 17.5 Å². The molecule has 2 aromatic carbocycles. The second-order valence-corrected chi connectivity index (χ2v) is 8.76. The van der Waals surface area contributed by atoms with E-state index in [1.807, 2.05) is 0 Å². The lowest BCUT2D eigenvalue weighted by atomic mass is 10.1. The maximum absolute atomic E-state index is 12.3. The topological polar surface area (TPSA) is 136 Å². The Kier molecular flexibility index (Phi) is 6.90. The van der Waals surface area contributed by atoms with E-state index in [2.05, 4.69) is 5.32 Å². The van der Waals surface area contributed by atoms with Gasteiger partial charge in [0.15, 0.2) is 6.10 Å². The fourth-order valence-electron chi connectivity index (χ4n) is 2.40. The van der Waals surface area contributed by atoms with Gasteiger partial charge in [-0.1, -0.05) is 12.1 Å². The Bertz CT molecular complexity index is 1100. The van der Waals surface area contributed by atoms with E-state index < -0.39 is 32.9 Å². The van der Waals surface area contributed by atoms with Gasteiger partial charge < -0.3 is 10.1 Å². The van der Waals surface area contributed by atoms with Gasteiger partial charge in [0.2, 0.25) is 10.0 Å². The number of nitrogens with zero attached hydrogens (tertiary/aromatic N) is 2. The van der Waals surface area contributed by atoms with Crippen LogP contribution in [0.2, 0.25) is 0 Å². The second-order valence-electron chi connectivity index (χ2n) is 6.61. The molecule has 10 nitrogen and oxygen atoms in total. The Labute approximate surface area is 173 Å². The second kappa shape index (κ2) is 9.01. The Morgan fingerprint density at radius 2 is 1.83 bits per heavy atom. The van der Waals surface area contributed by atoms with Crippen molar-refractivity contribution in [2.75, 3.05) is 19.4 Å². The molecule has 0 spiro atoms. The molecule has 0 radical (unpaired) electrons. The molecule has 0 aliphatic carbocycles. The van der Waals surface area contributed by atoms with Crippen molar-refractivity contribution in [1.82, 2.24) is 4.31 Å². The number of nitro benzene ring substituents is 1. The molecule has 0 aliphatic rings. The molecule has 0 saturated heterocycles. The van der Waals surface area contributed by atoms with Crippen LogP contribution in [-0.2, 0) is 19.6 Å². The van der Waals surface area contributed by atoms with Gasteiger partial charge in [-0.15, -0.1) is 0 Å². The number of esters is 1. The van der Waals surface area contributed by atoms with Crippen LogP contribution in [0.3, 0.4) is 0 Å². The summed E-state index contributed by atoms with van der Waals surface area (Å²) in [6.45, 7) is 2.87. The number of aryl methyl sites for hydroxylation is 1. The minimum absolute atomic E-state index is 0.0121. The number of nitro groups is 1. The summed E-state index contributed by atoms with van der Waals surface area (Å²) < 4.78 is 30.5. The van der Waals surface area contributed by atoms with E-state index in [4.69, 9.17) is 4.74 Å². The van der Waals surface area contributed by atoms with E-state index in [1.165, 1.54) is 64.3 Å². The molecule has 160 valence electrons. The first-order chi connectivity index (χ1) is 13.9. The lowest BCUT2D eigenvalue weighted by Crippen LogP contribution is -2.30. The van der Waals surface area contributed by atoms with E-state index in [0.717, 1.165) is 10.4 Å². The molecule has 1 N–H and O–H groups in total. The van der Waals surface area contributed by atoms with Crippen LogP contribution in [-0.4, -0.2) is 49.7 Å². The van der Waals surface area contributed by atoms with Gasteiger partial charge in [0.1, 0.15) is 0 Å². The summed E-state index contributed by atoms with van der Waals surface area (Å²) in [7, 11) is -0.911. The van der Waals surface area contributed by atoms with Crippen molar-refractivity contribution in [1.29, 1.82) is 0 Å². The van der Waals surface area contributed by atoms with Crippen LogP contribution in [0.15, 0.2) is 47.4 Å². The van der Waals surface area contributed by atoms with Gasteiger partial charge >= 0.3 is 5.97 Å². The Morgan fingerprint density at radius 3 is 2.43 bits per heavy atom. The molecular formula is C19H21N3O7S. The lowest BCUT2D eigenvalue weighted by molar-refractivity contribution is -0.385. The summed E-state index contributed by atoms with van der Waals surface area (Å²) in [6, 6.07) is 9.49. The van der Waals surface area contributed by atoms with Gasteiger partial charge in [0.25, 0.3) is 11.6 Å². The highest BCUT2D eigenvalue weighted by Crippen LogP contribution is 2.21. The molecule has 0 heterocycles. The minimum atomic E-state index is -3.68. The number of hydrogen-bond acceptors (Lipinski definition) is 7. The smallest absolute Gasteiger partial charge is 0.339 e. The quantitative estimate of drug-likeness (QED) is 0.400. The molecule has 11 heteroatoms. The van der Waals surface area contributed by atoms with Gasteiger partial charge in [-0.2, -0.15) is 0 Å². The first-order valence-corrected chi connectivity index (χ1v) is 10.2. The number of hydrogen-bond donors (Lipinski definition) is 1. The van der Waals surface area contributed by atoms with E-state index in [9.17, 15) is 28.1 Å². The summed E-state index contributed by atoms with van der Waals surface area (Å²) in [4.78, 5) is 35.0. The average Bonchev–Trinajstić information content (AvgIpc) is 2.67. The summed E-state index contributed by atoms with van der Waals surface area (Å²) in [5.74, 6) is -1.59. The van der Waals surface area contributed by atoms with E-state index in [-0.39, 0.29) is 21.8 Å². The standard InChI is InChI=1S/C19H21N3O7S/c1-12-8-9-14(10-17(12)22(25)26)19(24)29-13(2)18(23)20-15-6-5-7-16(11-15)30(27,28)21(3)4/h5-11,13H,1-4H3,(H,20,23)/t13-/m0/s1. The molecule has 2 aromatic rings. The van der Waals surface area contributed by atoms with Crippen molar-refractivity contribution in [2.45, 2.75) is 24.8 Å². The third kappa shape index (κ3) is 5.19. The van der Waals surface area contributed by atoms with Gasteiger partial charge in [0, 0.05) is 31.4 Å². The van der Waals surface area contributed by atoms with Crippen LogP contribution >= 0.6 is 0 Å². The lowest BCUT2D eigenvalue weighted by Gasteiger charge is -2.15. The molecule has 2 rings (SSSR count). The summed E-state index contributed by atoms with van der Waals surface area (Å²) in [6.07, 6.45) is -1.23. The molecule has 0 bridgehead atoms. The van der Waals surface area contributed by atoms with Crippen LogP contribution in [0, 0.1) is 17.0 Å². The normalized spacial score (nSPS) is 12.3. The van der Waals surface area contributed by atoms with Gasteiger partial charge in [-0.05, 0) is 38.1 Å². The zero-order valence-corrected chi connectivity index (χ0v) is 17.6. The Balaban J connectivity index is 2.11. The number of benzene rings is 2. The van der Waals surface area contributed by atoms with Crippen molar-refractivity contribution in [3.05, 3.63) is 63.7 Å². The van der Waals surface area contributed by atoms with Crippen LogP contribution < -0.4 is 5.32 Å². The molecule has 0 aromatic heterocycles. The van der Waals surface area contributed by atoms with Gasteiger partial charge in [0.05, 0.1) is 15.4 Å². The zero-order valence-electron chi connectivity index (χ0n) is 16.8. The highest BCUT2D eigenvalue weighted by Gasteiger charge is 2.22. The van der Waals surface area contributed by atoms with E-state index >= 15 is 0 Å². The molecule has 0 aliphatic heterocycles. The van der Waals surface area contributed by atoms with Crippen molar-refractivity contribution >= 4 is 33.3 Å². The largest absolute Gasteiger partial charge is 0.449 e. The Hall–Kier alpha value is -3.31. The molecule has 1 atom stereocenters. The molecule has 0 fully saturated rings. The first-order valence-electron chi connectivity index (χ1n) is 8.73. The molecule has 0 saturated carbocycles. The van der Waals surface area contributed by atoms with Crippen LogP contribution in [0.25, 0.3) is 0 Å². The maximum Gasteiger partial charge on any atom is 0.339 e. The van der Waals surface area contributed by atoms with Crippen molar-refractivity contribution in [2.24, 2.45) is 0 Å². The van der Waals surface area contributed by atoms with Gasteiger partial charge in [-0.3, -0.25) is 14.9 Å². The number of carbonyl (C=O) groups excluding carboxylic acids is 2. The van der Waals surface area contributed by atoms with Crippen LogP contribution in [0.5, 0.6) is 0 Å². The van der Waals surface area contributed by atoms with Crippen LogP contribution in [0.1, 0.15) is 22.8 Å². The number of rotatable bonds is 7. The zero-order chi connectivity index (χ0) is 22.6. The summed E-state index contributed by atoms with van der Waals surface area (Å²) >= 11 is 0. The predicted molar refractivity (Wildman–Crippen MR) is 109 cm³/mol. The number of ether oxygens (including phenoxy) is 1. The highest BCUT2D eigenvalue weighted by atomic mass is 32.2.